The molecular formula is C12H22O4Si. The summed E-state index contributed by atoms with van der Waals surface area (Å²) in [5.41, 5.74) is 0. The van der Waals surface area contributed by atoms with Crippen molar-refractivity contribution >= 4 is 14.3 Å². The van der Waals surface area contributed by atoms with E-state index in [9.17, 15) is 9.90 Å². The van der Waals surface area contributed by atoms with Gasteiger partial charge < -0.3 is 14.3 Å². The van der Waals surface area contributed by atoms with Gasteiger partial charge in [-0.1, -0.05) is 20.8 Å². The van der Waals surface area contributed by atoms with Crippen LogP contribution in [0.3, 0.4) is 0 Å². The molecule has 0 amide bonds. The summed E-state index contributed by atoms with van der Waals surface area (Å²) in [5, 5.41) is 9.76. The number of hydrogen-bond donors (Lipinski definition) is 1. The lowest BCUT2D eigenvalue weighted by Gasteiger charge is -2.37. The Hall–Kier alpha value is -0.653. The van der Waals surface area contributed by atoms with Gasteiger partial charge in [-0.25, -0.2) is 4.79 Å². The molecule has 0 aromatic rings. The predicted molar refractivity (Wildman–Crippen MR) is 68.2 cm³/mol. The topological polar surface area (TPSA) is 55.8 Å². The van der Waals surface area contributed by atoms with E-state index in [2.05, 4.69) is 33.9 Å². The Bertz CT molecular complexity index is 317. The van der Waals surface area contributed by atoms with Gasteiger partial charge in [-0.3, -0.25) is 0 Å². The molecule has 2 atom stereocenters. The van der Waals surface area contributed by atoms with Crippen LogP contribution < -0.4 is 0 Å². The summed E-state index contributed by atoms with van der Waals surface area (Å²) in [7, 11) is -1.87. The fraction of sp³-hybridized carbons (Fsp3) is 0.750. The molecule has 1 aliphatic rings. The van der Waals surface area contributed by atoms with Crippen molar-refractivity contribution in [3.8, 4) is 0 Å². The van der Waals surface area contributed by atoms with Crippen molar-refractivity contribution in [3.05, 3.63) is 12.2 Å². The minimum absolute atomic E-state index is 0.104. The van der Waals surface area contributed by atoms with Crippen molar-refractivity contribution in [1.82, 2.24) is 0 Å². The lowest BCUT2D eigenvalue weighted by atomic mass is 10.1. The second kappa shape index (κ2) is 4.92. The lowest BCUT2D eigenvalue weighted by Crippen LogP contribution is -2.46. The summed E-state index contributed by atoms with van der Waals surface area (Å²) in [4.78, 5) is 11.1. The molecule has 0 saturated carbocycles. The Morgan fingerprint density at radius 3 is 2.59 bits per heavy atom. The van der Waals surface area contributed by atoms with E-state index in [1.807, 2.05) is 0 Å². The number of cyclic esters (lactones) is 1. The van der Waals surface area contributed by atoms with Gasteiger partial charge in [-0.05, 0) is 24.2 Å². The molecule has 5 heteroatoms. The molecule has 4 nitrogen and oxygen atoms in total. The van der Waals surface area contributed by atoms with Crippen LogP contribution in [-0.2, 0) is 14.0 Å². The summed E-state index contributed by atoms with van der Waals surface area (Å²) in [6, 6.07) is 0. The number of esters is 1. The van der Waals surface area contributed by atoms with Crippen LogP contribution in [0.25, 0.3) is 0 Å². The van der Waals surface area contributed by atoms with Gasteiger partial charge in [-0.2, -0.15) is 0 Å². The third-order valence-corrected chi connectivity index (χ3v) is 7.99. The molecule has 0 aromatic heterocycles. The number of aliphatic hydroxyl groups excluding tert-OH is 1. The van der Waals surface area contributed by atoms with Crippen molar-refractivity contribution < 1.29 is 19.1 Å². The van der Waals surface area contributed by atoms with Crippen LogP contribution in [0.1, 0.15) is 20.8 Å². The number of carbonyl (C=O) groups excluding carboxylic acids is 1. The Kier molecular flexibility index (Phi) is 4.17. The molecule has 0 saturated heterocycles. The van der Waals surface area contributed by atoms with Crippen molar-refractivity contribution in [2.24, 2.45) is 0 Å². The largest absolute Gasteiger partial charge is 0.454 e. The highest BCUT2D eigenvalue weighted by molar-refractivity contribution is 6.74. The molecule has 0 fully saturated rings. The lowest BCUT2D eigenvalue weighted by molar-refractivity contribution is -0.151. The van der Waals surface area contributed by atoms with Crippen LogP contribution in [0.5, 0.6) is 0 Å². The molecule has 17 heavy (non-hydrogen) atoms. The molecule has 1 aliphatic heterocycles. The average molecular weight is 258 g/mol. The minimum Gasteiger partial charge on any atom is -0.454 e. The Morgan fingerprint density at radius 1 is 1.47 bits per heavy atom. The van der Waals surface area contributed by atoms with E-state index in [0.717, 1.165) is 0 Å². The first-order valence-corrected chi connectivity index (χ1v) is 8.75. The fourth-order valence-electron chi connectivity index (χ4n) is 1.20. The fourth-order valence-corrected chi connectivity index (χ4v) is 2.21. The van der Waals surface area contributed by atoms with Gasteiger partial charge in [0.25, 0.3) is 0 Å². The van der Waals surface area contributed by atoms with Crippen molar-refractivity contribution in [1.29, 1.82) is 0 Å². The molecule has 0 aliphatic carbocycles. The van der Waals surface area contributed by atoms with Crippen molar-refractivity contribution in [2.45, 2.75) is 51.1 Å². The normalized spacial score (nSPS) is 25.9. The van der Waals surface area contributed by atoms with E-state index in [1.54, 1.807) is 0 Å². The molecule has 0 spiro atoms. The first-order chi connectivity index (χ1) is 7.63. The summed E-state index contributed by atoms with van der Waals surface area (Å²) in [6.07, 6.45) is 1.35. The quantitative estimate of drug-likeness (QED) is 0.620. The van der Waals surface area contributed by atoms with Crippen molar-refractivity contribution in [2.75, 3.05) is 6.61 Å². The van der Waals surface area contributed by atoms with Crippen molar-refractivity contribution in [3.63, 3.8) is 0 Å². The first kappa shape index (κ1) is 14.4. The van der Waals surface area contributed by atoms with E-state index in [1.165, 1.54) is 12.2 Å². The molecule has 0 radical (unpaired) electrons. The van der Waals surface area contributed by atoms with E-state index in [0.29, 0.717) is 0 Å². The average Bonchev–Trinajstić information content (AvgIpc) is 2.18. The van der Waals surface area contributed by atoms with Gasteiger partial charge in [0.1, 0.15) is 6.10 Å². The standard InChI is InChI=1S/C12H22O4Si/c1-12(2,3)17(4,5)15-8-10-9(13)6-7-11(14)16-10/h6-7,9-10,13H,8H2,1-5H3/t9-,10-/m0/s1. The first-order valence-electron chi connectivity index (χ1n) is 5.84. The molecular weight excluding hydrogens is 236 g/mol. The third kappa shape index (κ3) is 3.66. The molecule has 0 bridgehead atoms. The summed E-state index contributed by atoms with van der Waals surface area (Å²) >= 11 is 0. The van der Waals surface area contributed by atoms with Crippen LogP contribution in [0.4, 0.5) is 0 Å². The monoisotopic (exact) mass is 258 g/mol. The smallest absolute Gasteiger partial charge is 0.330 e. The zero-order valence-electron chi connectivity index (χ0n) is 11.2. The highest BCUT2D eigenvalue weighted by Crippen LogP contribution is 2.36. The maximum Gasteiger partial charge on any atom is 0.330 e. The molecule has 1 heterocycles. The Morgan fingerprint density at radius 2 is 2.06 bits per heavy atom. The second-order valence-corrected chi connectivity index (χ2v) is 10.7. The predicted octanol–water partition coefficient (Wildman–Crippen LogP) is 1.85. The Labute approximate surface area is 104 Å². The van der Waals surface area contributed by atoms with Crippen LogP contribution in [0.2, 0.25) is 18.1 Å². The minimum atomic E-state index is -1.87. The highest BCUT2D eigenvalue weighted by Gasteiger charge is 2.38. The van der Waals surface area contributed by atoms with Gasteiger partial charge in [0.2, 0.25) is 0 Å². The molecule has 1 N–H and O–H groups in total. The van der Waals surface area contributed by atoms with Gasteiger partial charge >= 0.3 is 5.97 Å². The van der Waals surface area contributed by atoms with E-state index in [-0.39, 0.29) is 11.6 Å². The third-order valence-electron chi connectivity index (χ3n) is 3.49. The van der Waals surface area contributed by atoms with Crippen LogP contribution in [0.15, 0.2) is 12.2 Å². The SMILES string of the molecule is CC(C)(C)[Si](C)(C)OC[C@@H]1OC(=O)C=C[C@@H]1O. The maximum atomic E-state index is 11.1. The molecule has 1 rings (SSSR count). The van der Waals surface area contributed by atoms with Crippen LogP contribution in [-0.4, -0.2) is 38.2 Å². The van der Waals surface area contributed by atoms with E-state index in [4.69, 9.17) is 9.16 Å². The van der Waals surface area contributed by atoms with Crippen LogP contribution >= 0.6 is 0 Å². The number of hydrogen-bond acceptors (Lipinski definition) is 4. The number of ether oxygens (including phenoxy) is 1. The summed E-state index contributed by atoms with van der Waals surface area (Å²) in [6.45, 7) is 10.9. The van der Waals surface area contributed by atoms with Gasteiger partial charge in [-0.15, -0.1) is 0 Å². The maximum absolute atomic E-state index is 11.1. The Balaban J connectivity index is 2.57. The second-order valence-electron chi connectivity index (χ2n) is 5.90. The van der Waals surface area contributed by atoms with Gasteiger partial charge in [0.05, 0.1) is 6.61 Å². The zero-order valence-corrected chi connectivity index (χ0v) is 12.2. The molecule has 0 unspecified atom stereocenters. The number of carbonyl (C=O) groups is 1. The number of rotatable bonds is 3. The van der Waals surface area contributed by atoms with Gasteiger partial charge in [0.15, 0.2) is 14.4 Å². The zero-order chi connectivity index (χ0) is 13.3. The number of aliphatic hydroxyl groups is 1. The highest BCUT2D eigenvalue weighted by atomic mass is 28.4. The summed E-state index contributed by atoms with van der Waals surface area (Å²) < 4.78 is 10.9. The van der Waals surface area contributed by atoms with Crippen LogP contribution in [0, 0.1) is 0 Å². The summed E-state index contributed by atoms with van der Waals surface area (Å²) in [5.74, 6) is -0.417. The molecule has 0 aromatic carbocycles. The molecule has 98 valence electrons. The van der Waals surface area contributed by atoms with E-state index < -0.39 is 26.5 Å². The van der Waals surface area contributed by atoms with E-state index >= 15 is 0 Å². The van der Waals surface area contributed by atoms with Gasteiger partial charge in [0, 0.05) is 6.08 Å².